The first kappa shape index (κ1) is 27.7. The maximum absolute atomic E-state index is 13.9. The van der Waals surface area contributed by atoms with E-state index in [9.17, 15) is 17.6 Å². The summed E-state index contributed by atoms with van der Waals surface area (Å²) in [5, 5.41) is 13.0. The molecule has 2 aromatic carbocycles. The van der Waals surface area contributed by atoms with Crippen LogP contribution in [0.25, 0.3) is 22.7 Å². The number of nitrogens with one attached hydrogen (secondary N) is 2. The lowest BCUT2D eigenvalue weighted by atomic mass is 9.92. The summed E-state index contributed by atoms with van der Waals surface area (Å²) < 4.78 is 46.5. The van der Waals surface area contributed by atoms with Gasteiger partial charge in [0.1, 0.15) is 5.82 Å². The van der Waals surface area contributed by atoms with Gasteiger partial charge in [-0.05, 0) is 55.3 Å². The molecule has 38 heavy (non-hydrogen) atoms. The Morgan fingerprint density at radius 2 is 1.84 bits per heavy atom. The molecule has 7 nitrogen and oxygen atoms in total. The van der Waals surface area contributed by atoms with Crippen molar-refractivity contribution >= 4 is 44.6 Å². The quantitative estimate of drug-likeness (QED) is 0.357. The number of anilines is 1. The van der Waals surface area contributed by atoms with Gasteiger partial charge in [0.25, 0.3) is 0 Å². The van der Waals surface area contributed by atoms with E-state index in [1.807, 2.05) is 31.4 Å². The molecule has 0 spiro atoms. The van der Waals surface area contributed by atoms with Crippen molar-refractivity contribution in [3.63, 3.8) is 0 Å². The fourth-order valence-corrected chi connectivity index (χ4v) is 5.15. The number of halogens is 1. The molecule has 1 aliphatic heterocycles. The number of carbonyl (C=O) groups is 1. The number of amides is 1. The third kappa shape index (κ3) is 5.73. The molecule has 2 heterocycles. The van der Waals surface area contributed by atoms with Crippen LogP contribution in [-0.4, -0.2) is 44.1 Å². The van der Waals surface area contributed by atoms with Crippen LogP contribution in [-0.2, 0) is 19.4 Å². The number of fused-ring (bicyclic) bond motifs is 1. The highest BCUT2D eigenvalue weighted by Crippen LogP contribution is 2.41. The van der Waals surface area contributed by atoms with Gasteiger partial charge in [-0.3, -0.25) is 4.79 Å². The summed E-state index contributed by atoms with van der Waals surface area (Å²) >= 11 is 0. The van der Waals surface area contributed by atoms with Crippen LogP contribution in [0.1, 0.15) is 63.3 Å². The molecule has 1 saturated heterocycles. The van der Waals surface area contributed by atoms with Gasteiger partial charge in [0.15, 0.2) is 9.84 Å². The van der Waals surface area contributed by atoms with E-state index in [1.54, 1.807) is 31.2 Å². The van der Waals surface area contributed by atoms with Crippen molar-refractivity contribution in [3.8, 4) is 5.69 Å². The fourth-order valence-electron chi connectivity index (χ4n) is 4.62. The molecule has 3 aromatic rings. The van der Waals surface area contributed by atoms with Crippen LogP contribution in [0.3, 0.4) is 0 Å². The van der Waals surface area contributed by atoms with E-state index in [-0.39, 0.29) is 23.4 Å². The highest BCUT2D eigenvalue weighted by Gasteiger charge is 2.28. The lowest BCUT2D eigenvalue weighted by Gasteiger charge is -2.25. The van der Waals surface area contributed by atoms with Gasteiger partial charge < -0.3 is 20.0 Å². The van der Waals surface area contributed by atoms with Gasteiger partial charge in [0.2, 0.25) is 5.91 Å². The standard InChI is InChI=1S/C29H34FN3O4S/c1-5-38(35,36)15-12-23-24-17-25(32-28(34)29(2,3)4)20(18-31)16-26(24)33(22-8-6-21(30)7-9-22)27(23)19-10-13-37-14-11-19/h6-9,12,15-19,31H,5,10-11,13-14H2,1-4H3,(H,32,34)/b15-12+,31-18?. The van der Waals surface area contributed by atoms with E-state index >= 15 is 0 Å². The van der Waals surface area contributed by atoms with Gasteiger partial charge in [0.05, 0.1) is 17.0 Å². The fraction of sp³-hybridized carbons (Fsp3) is 0.379. The van der Waals surface area contributed by atoms with Gasteiger partial charge in [-0.2, -0.15) is 0 Å². The molecule has 0 atom stereocenters. The van der Waals surface area contributed by atoms with E-state index in [1.165, 1.54) is 23.8 Å². The summed E-state index contributed by atoms with van der Waals surface area (Å²) in [4.78, 5) is 12.9. The predicted octanol–water partition coefficient (Wildman–Crippen LogP) is 6.05. The van der Waals surface area contributed by atoms with Crippen LogP contribution in [0, 0.1) is 16.6 Å². The van der Waals surface area contributed by atoms with Gasteiger partial charge >= 0.3 is 0 Å². The Labute approximate surface area is 223 Å². The molecule has 1 aromatic heterocycles. The highest BCUT2D eigenvalue weighted by molar-refractivity contribution is 7.94. The average Bonchev–Trinajstić information content (AvgIpc) is 3.20. The number of hydrogen-bond acceptors (Lipinski definition) is 5. The molecular weight excluding hydrogens is 505 g/mol. The van der Waals surface area contributed by atoms with Crippen LogP contribution in [0.15, 0.2) is 41.8 Å². The molecular formula is C29H34FN3O4S. The van der Waals surface area contributed by atoms with Crippen LogP contribution in [0.2, 0.25) is 0 Å². The summed E-state index contributed by atoms with van der Waals surface area (Å²) in [6, 6.07) is 9.78. The zero-order chi connectivity index (χ0) is 27.7. The molecule has 1 aliphatic rings. The minimum atomic E-state index is -3.43. The molecule has 0 unspecified atom stereocenters. The van der Waals surface area contributed by atoms with E-state index in [4.69, 9.17) is 10.1 Å². The summed E-state index contributed by atoms with van der Waals surface area (Å²) in [5.74, 6) is -0.536. The number of nitrogens with zero attached hydrogens (tertiary/aromatic N) is 1. The van der Waals surface area contributed by atoms with Crippen molar-refractivity contribution in [2.45, 2.75) is 46.5 Å². The zero-order valence-corrected chi connectivity index (χ0v) is 23.0. The van der Waals surface area contributed by atoms with Crippen molar-refractivity contribution in [1.29, 1.82) is 5.41 Å². The van der Waals surface area contributed by atoms with E-state index in [0.29, 0.717) is 24.5 Å². The number of benzene rings is 2. The molecule has 1 amide bonds. The first-order chi connectivity index (χ1) is 17.9. The molecule has 0 bridgehead atoms. The van der Waals surface area contributed by atoms with Crippen molar-refractivity contribution in [1.82, 2.24) is 4.57 Å². The summed E-state index contributed by atoms with van der Waals surface area (Å²) in [6.07, 6.45) is 4.30. The average molecular weight is 540 g/mol. The Morgan fingerprint density at radius 1 is 1.18 bits per heavy atom. The molecule has 0 aliphatic carbocycles. The maximum Gasteiger partial charge on any atom is 0.229 e. The minimum Gasteiger partial charge on any atom is -0.381 e. The van der Waals surface area contributed by atoms with Crippen LogP contribution < -0.4 is 5.32 Å². The Hall–Kier alpha value is -3.30. The maximum atomic E-state index is 13.9. The highest BCUT2D eigenvalue weighted by atomic mass is 32.2. The number of aromatic nitrogens is 1. The van der Waals surface area contributed by atoms with Crippen LogP contribution >= 0.6 is 0 Å². The van der Waals surface area contributed by atoms with E-state index in [0.717, 1.165) is 40.7 Å². The van der Waals surface area contributed by atoms with Gasteiger partial charge in [-0.15, -0.1) is 0 Å². The molecule has 0 radical (unpaired) electrons. The Morgan fingerprint density at radius 3 is 2.42 bits per heavy atom. The second kappa shape index (κ2) is 10.8. The van der Waals surface area contributed by atoms with Crippen molar-refractivity contribution in [2.75, 3.05) is 24.3 Å². The molecule has 4 rings (SSSR count). The van der Waals surface area contributed by atoms with Crippen LogP contribution in [0.4, 0.5) is 10.1 Å². The van der Waals surface area contributed by atoms with Gasteiger partial charge in [-0.1, -0.05) is 27.7 Å². The summed E-state index contributed by atoms with van der Waals surface area (Å²) in [6.45, 7) is 8.17. The van der Waals surface area contributed by atoms with Crippen LogP contribution in [0.5, 0.6) is 0 Å². The first-order valence-corrected chi connectivity index (χ1v) is 14.5. The number of rotatable bonds is 7. The normalized spacial score (nSPS) is 15.3. The second-order valence-corrected chi connectivity index (χ2v) is 12.7. The number of carbonyl (C=O) groups excluding carboxylic acids is 1. The zero-order valence-electron chi connectivity index (χ0n) is 22.2. The lowest BCUT2D eigenvalue weighted by Crippen LogP contribution is -2.28. The number of hydrogen-bond donors (Lipinski definition) is 2. The molecule has 2 N–H and O–H groups in total. The Bertz CT molecular complexity index is 1490. The third-order valence-electron chi connectivity index (χ3n) is 6.84. The predicted molar refractivity (Wildman–Crippen MR) is 150 cm³/mol. The first-order valence-electron chi connectivity index (χ1n) is 12.7. The molecule has 202 valence electrons. The monoisotopic (exact) mass is 539 g/mol. The van der Waals surface area contributed by atoms with Gasteiger partial charge in [-0.25, -0.2) is 12.8 Å². The SMILES string of the molecule is CCS(=O)(=O)/C=C/c1c(C2CCOCC2)n(-c2ccc(F)cc2)c2cc(C=N)c(NC(=O)C(C)(C)C)cc12. The third-order valence-corrected chi connectivity index (χ3v) is 8.19. The molecule has 0 saturated carbocycles. The second-order valence-electron chi connectivity index (χ2n) is 10.6. The summed E-state index contributed by atoms with van der Waals surface area (Å²) in [5.41, 5.74) is 3.39. The summed E-state index contributed by atoms with van der Waals surface area (Å²) in [7, 11) is -3.43. The van der Waals surface area contributed by atoms with Gasteiger partial charge in [0, 0.05) is 64.1 Å². The Balaban J connectivity index is 2.08. The minimum absolute atomic E-state index is 0.0302. The van der Waals surface area contributed by atoms with Crippen molar-refractivity contribution in [2.24, 2.45) is 5.41 Å². The van der Waals surface area contributed by atoms with E-state index < -0.39 is 15.3 Å². The topological polar surface area (TPSA) is 101 Å². The largest absolute Gasteiger partial charge is 0.381 e. The number of ether oxygens (including phenoxy) is 1. The molecule has 9 heteroatoms. The van der Waals surface area contributed by atoms with Crippen molar-refractivity contribution < 1.29 is 22.3 Å². The number of sulfone groups is 1. The van der Waals surface area contributed by atoms with Crippen molar-refractivity contribution in [3.05, 3.63) is 64.4 Å². The smallest absolute Gasteiger partial charge is 0.229 e. The Kier molecular flexibility index (Phi) is 7.90. The van der Waals surface area contributed by atoms with E-state index in [2.05, 4.69) is 5.32 Å². The molecule has 1 fully saturated rings. The lowest BCUT2D eigenvalue weighted by molar-refractivity contribution is -0.123.